The van der Waals surface area contributed by atoms with Gasteiger partial charge in [0.1, 0.15) is 5.75 Å². The standard InChI is InChI=1S/C19H25N5O2/c1-14(2)22-18(25)15-12-20-19(21-13-15)24-10-8-23(9-11-24)16-6-4-5-7-17(16)26-3/h4-7,12-14H,8-11H2,1-3H3,(H,22,25). The topological polar surface area (TPSA) is 70.6 Å². The van der Waals surface area contributed by atoms with E-state index in [1.54, 1.807) is 19.5 Å². The molecule has 26 heavy (non-hydrogen) atoms. The highest BCUT2D eigenvalue weighted by atomic mass is 16.5. The van der Waals surface area contributed by atoms with Gasteiger partial charge in [0.05, 0.1) is 18.4 Å². The number of nitrogens with zero attached hydrogens (tertiary/aromatic N) is 4. The predicted molar refractivity (Wildman–Crippen MR) is 102 cm³/mol. The van der Waals surface area contributed by atoms with Crippen LogP contribution in [0, 0.1) is 0 Å². The second-order valence-corrected chi connectivity index (χ2v) is 6.55. The minimum atomic E-state index is -0.146. The summed E-state index contributed by atoms with van der Waals surface area (Å²) in [5.41, 5.74) is 1.59. The number of amides is 1. The van der Waals surface area contributed by atoms with Gasteiger partial charge in [0.15, 0.2) is 0 Å². The maximum absolute atomic E-state index is 12.0. The van der Waals surface area contributed by atoms with Crippen molar-refractivity contribution >= 4 is 17.5 Å². The van der Waals surface area contributed by atoms with Crippen LogP contribution in [-0.4, -0.2) is 55.2 Å². The molecule has 0 radical (unpaired) electrons. The normalized spacial score (nSPS) is 14.5. The van der Waals surface area contributed by atoms with Gasteiger partial charge < -0.3 is 19.9 Å². The van der Waals surface area contributed by atoms with Gasteiger partial charge in [0.2, 0.25) is 5.95 Å². The van der Waals surface area contributed by atoms with Crippen molar-refractivity contribution in [3.8, 4) is 5.75 Å². The van der Waals surface area contributed by atoms with Crippen LogP contribution in [-0.2, 0) is 0 Å². The van der Waals surface area contributed by atoms with E-state index in [0.717, 1.165) is 37.6 Å². The fraction of sp³-hybridized carbons (Fsp3) is 0.421. The number of piperazine rings is 1. The van der Waals surface area contributed by atoms with Crippen LogP contribution in [0.5, 0.6) is 5.75 Å². The highest BCUT2D eigenvalue weighted by Crippen LogP contribution is 2.28. The molecule has 1 saturated heterocycles. The lowest BCUT2D eigenvalue weighted by molar-refractivity contribution is 0.0942. The number of hydrogen-bond acceptors (Lipinski definition) is 6. The van der Waals surface area contributed by atoms with Crippen molar-refractivity contribution in [2.75, 3.05) is 43.1 Å². The molecule has 1 aromatic carbocycles. The van der Waals surface area contributed by atoms with E-state index in [1.165, 1.54) is 0 Å². The Morgan fingerprint density at radius 2 is 1.69 bits per heavy atom. The first-order valence-corrected chi connectivity index (χ1v) is 8.84. The van der Waals surface area contributed by atoms with Crippen molar-refractivity contribution in [1.29, 1.82) is 0 Å². The second-order valence-electron chi connectivity index (χ2n) is 6.55. The monoisotopic (exact) mass is 355 g/mol. The number of anilines is 2. The van der Waals surface area contributed by atoms with Crippen molar-refractivity contribution in [3.63, 3.8) is 0 Å². The molecule has 0 aliphatic carbocycles. The number of ether oxygens (including phenoxy) is 1. The number of hydrogen-bond donors (Lipinski definition) is 1. The molecule has 1 fully saturated rings. The van der Waals surface area contributed by atoms with Gasteiger partial charge in [-0.2, -0.15) is 0 Å². The van der Waals surface area contributed by atoms with E-state index in [9.17, 15) is 4.79 Å². The van der Waals surface area contributed by atoms with Crippen LogP contribution in [0.4, 0.5) is 11.6 Å². The summed E-state index contributed by atoms with van der Waals surface area (Å²) in [6.45, 7) is 7.20. The van der Waals surface area contributed by atoms with E-state index in [1.807, 2.05) is 32.0 Å². The van der Waals surface area contributed by atoms with Crippen LogP contribution in [0.25, 0.3) is 0 Å². The molecule has 0 unspecified atom stereocenters. The SMILES string of the molecule is COc1ccccc1N1CCN(c2ncc(C(=O)NC(C)C)cn2)CC1. The third-order valence-electron chi connectivity index (χ3n) is 4.31. The summed E-state index contributed by atoms with van der Waals surface area (Å²) < 4.78 is 5.46. The second kappa shape index (κ2) is 8.03. The lowest BCUT2D eigenvalue weighted by Crippen LogP contribution is -2.47. The number of methoxy groups -OCH3 is 1. The highest BCUT2D eigenvalue weighted by molar-refractivity contribution is 5.93. The van der Waals surface area contributed by atoms with E-state index in [0.29, 0.717) is 11.5 Å². The zero-order valence-electron chi connectivity index (χ0n) is 15.5. The third kappa shape index (κ3) is 4.04. The van der Waals surface area contributed by atoms with Gasteiger partial charge in [0.25, 0.3) is 5.91 Å². The summed E-state index contributed by atoms with van der Waals surface area (Å²) in [5.74, 6) is 1.40. The molecule has 0 atom stereocenters. The molecular weight excluding hydrogens is 330 g/mol. The molecule has 1 amide bonds. The number of carbonyl (C=O) groups excluding carboxylic acids is 1. The highest BCUT2D eigenvalue weighted by Gasteiger charge is 2.21. The molecule has 0 bridgehead atoms. The molecule has 7 nitrogen and oxygen atoms in total. The minimum absolute atomic E-state index is 0.0882. The lowest BCUT2D eigenvalue weighted by Gasteiger charge is -2.36. The average molecular weight is 355 g/mol. The Balaban J connectivity index is 1.62. The molecule has 7 heteroatoms. The van der Waals surface area contributed by atoms with Gasteiger partial charge in [-0.1, -0.05) is 12.1 Å². The number of rotatable bonds is 5. The Morgan fingerprint density at radius 1 is 1.08 bits per heavy atom. The fourth-order valence-corrected chi connectivity index (χ4v) is 2.99. The molecule has 0 spiro atoms. The Labute approximate surface area is 154 Å². The summed E-state index contributed by atoms with van der Waals surface area (Å²) >= 11 is 0. The van der Waals surface area contributed by atoms with Crippen LogP contribution < -0.4 is 19.9 Å². The predicted octanol–water partition coefficient (Wildman–Crippen LogP) is 1.95. The van der Waals surface area contributed by atoms with Gasteiger partial charge >= 0.3 is 0 Å². The number of nitrogens with one attached hydrogen (secondary N) is 1. The van der Waals surface area contributed by atoms with Crippen molar-refractivity contribution in [2.45, 2.75) is 19.9 Å². The first-order valence-electron chi connectivity index (χ1n) is 8.84. The van der Waals surface area contributed by atoms with Crippen LogP contribution in [0.15, 0.2) is 36.7 Å². The molecule has 2 aromatic rings. The van der Waals surface area contributed by atoms with Crippen molar-refractivity contribution in [1.82, 2.24) is 15.3 Å². The van der Waals surface area contributed by atoms with Gasteiger partial charge in [-0.15, -0.1) is 0 Å². The van der Waals surface area contributed by atoms with Gasteiger partial charge in [-0.3, -0.25) is 4.79 Å². The average Bonchev–Trinajstić information content (AvgIpc) is 2.67. The maximum Gasteiger partial charge on any atom is 0.254 e. The first-order chi connectivity index (χ1) is 12.6. The van der Waals surface area contributed by atoms with E-state index < -0.39 is 0 Å². The van der Waals surface area contributed by atoms with E-state index >= 15 is 0 Å². The minimum Gasteiger partial charge on any atom is -0.495 e. The first kappa shape index (κ1) is 18.0. The van der Waals surface area contributed by atoms with Gasteiger partial charge in [-0.25, -0.2) is 9.97 Å². The van der Waals surface area contributed by atoms with Crippen LogP contribution in [0.2, 0.25) is 0 Å². The van der Waals surface area contributed by atoms with Crippen LogP contribution >= 0.6 is 0 Å². The third-order valence-corrected chi connectivity index (χ3v) is 4.31. The Hall–Kier alpha value is -2.83. The molecule has 138 valence electrons. The Bertz CT molecular complexity index is 740. The van der Waals surface area contributed by atoms with Gasteiger partial charge in [0, 0.05) is 44.6 Å². The quantitative estimate of drug-likeness (QED) is 0.884. The van der Waals surface area contributed by atoms with Gasteiger partial charge in [-0.05, 0) is 26.0 Å². The van der Waals surface area contributed by atoms with E-state index in [2.05, 4.69) is 31.2 Å². The van der Waals surface area contributed by atoms with Crippen molar-refractivity contribution < 1.29 is 9.53 Å². The summed E-state index contributed by atoms with van der Waals surface area (Å²) in [4.78, 5) is 25.2. The maximum atomic E-state index is 12.0. The van der Waals surface area contributed by atoms with Crippen molar-refractivity contribution in [2.24, 2.45) is 0 Å². The van der Waals surface area contributed by atoms with E-state index in [-0.39, 0.29) is 11.9 Å². The number of para-hydroxylation sites is 2. The molecule has 1 aromatic heterocycles. The zero-order chi connectivity index (χ0) is 18.5. The molecule has 3 rings (SSSR count). The molecule has 1 aliphatic heterocycles. The van der Waals surface area contributed by atoms with Crippen LogP contribution in [0.3, 0.4) is 0 Å². The fourth-order valence-electron chi connectivity index (χ4n) is 2.99. The number of carbonyl (C=O) groups is 1. The Kier molecular flexibility index (Phi) is 5.55. The zero-order valence-corrected chi connectivity index (χ0v) is 15.5. The summed E-state index contributed by atoms with van der Waals surface area (Å²) in [6, 6.07) is 8.14. The van der Waals surface area contributed by atoms with E-state index in [4.69, 9.17) is 4.74 Å². The summed E-state index contributed by atoms with van der Waals surface area (Å²) in [7, 11) is 1.69. The lowest BCUT2D eigenvalue weighted by atomic mass is 10.2. The molecular formula is C19H25N5O2. The molecule has 1 N–H and O–H groups in total. The number of benzene rings is 1. The number of aromatic nitrogens is 2. The van der Waals surface area contributed by atoms with Crippen LogP contribution in [0.1, 0.15) is 24.2 Å². The largest absolute Gasteiger partial charge is 0.495 e. The Morgan fingerprint density at radius 3 is 2.31 bits per heavy atom. The summed E-state index contributed by atoms with van der Waals surface area (Å²) in [6.07, 6.45) is 3.18. The summed E-state index contributed by atoms with van der Waals surface area (Å²) in [5, 5.41) is 2.84. The van der Waals surface area contributed by atoms with Crippen molar-refractivity contribution in [3.05, 3.63) is 42.2 Å². The molecule has 2 heterocycles. The smallest absolute Gasteiger partial charge is 0.254 e. The molecule has 1 aliphatic rings. The molecule has 0 saturated carbocycles.